The second kappa shape index (κ2) is 11.0. The number of benzene rings is 2. The Bertz CT molecular complexity index is 985. The topological polar surface area (TPSA) is 49.6 Å². The minimum Gasteiger partial charge on any atom is -0.389 e. The lowest BCUT2D eigenvalue weighted by molar-refractivity contribution is -0.118. The van der Waals surface area contributed by atoms with Gasteiger partial charge >= 0.3 is 0 Å². The van der Waals surface area contributed by atoms with Crippen molar-refractivity contribution in [2.45, 2.75) is 74.6 Å². The van der Waals surface area contributed by atoms with Gasteiger partial charge in [-0.2, -0.15) is 0 Å². The largest absolute Gasteiger partial charge is 0.389 e. The van der Waals surface area contributed by atoms with Crippen LogP contribution in [0.25, 0.3) is 0 Å². The van der Waals surface area contributed by atoms with Crippen LogP contribution in [-0.2, 0) is 4.79 Å². The number of likely N-dealkylation sites (tertiary alicyclic amines) is 1. The zero-order chi connectivity index (χ0) is 23.4. The molecule has 2 aliphatic rings. The molecule has 0 saturated carbocycles. The molecular formula is C27H35N3OS2. The highest BCUT2D eigenvalue weighted by Gasteiger charge is 2.34. The van der Waals surface area contributed by atoms with Crippen molar-refractivity contribution >= 4 is 40.6 Å². The van der Waals surface area contributed by atoms with Gasteiger partial charge in [0.2, 0.25) is 5.91 Å². The van der Waals surface area contributed by atoms with Gasteiger partial charge in [0.15, 0.2) is 0 Å². The number of piperidine rings is 1. The first-order chi connectivity index (χ1) is 16.0. The predicted octanol–water partition coefficient (Wildman–Crippen LogP) is 5.93. The fourth-order valence-corrected chi connectivity index (χ4v) is 6.52. The van der Waals surface area contributed by atoms with Crippen molar-refractivity contribution in [3.63, 3.8) is 0 Å². The molecule has 1 amide bonds. The molecule has 2 aromatic carbocycles. The number of fused-ring (bicyclic) bond motifs is 1. The van der Waals surface area contributed by atoms with Crippen LogP contribution >= 0.6 is 24.0 Å². The summed E-state index contributed by atoms with van der Waals surface area (Å²) in [5.41, 5.74) is 8.65. The van der Waals surface area contributed by atoms with Crippen molar-refractivity contribution in [2.24, 2.45) is 5.73 Å². The van der Waals surface area contributed by atoms with E-state index in [0.717, 1.165) is 47.6 Å². The quantitative estimate of drug-likeness (QED) is 0.374. The number of thioether (sulfide) groups is 1. The van der Waals surface area contributed by atoms with Gasteiger partial charge in [-0.1, -0.05) is 55.4 Å². The molecule has 2 N–H and O–H groups in total. The first-order valence-corrected chi connectivity index (χ1v) is 13.5. The number of nitrogens with zero attached hydrogens (tertiary/aromatic N) is 2. The summed E-state index contributed by atoms with van der Waals surface area (Å²) in [5.74, 6) is 0.150. The zero-order valence-electron chi connectivity index (χ0n) is 19.7. The van der Waals surface area contributed by atoms with E-state index < -0.39 is 0 Å². The molecule has 33 heavy (non-hydrogen) atoms. The van der Waals surface area contributed by atoms with Crippen molar-refractivity contribution in [3.8, 4) is 0 Å². The maximum atomic E-state index is 13.6. The molecule has 3 unspecified atom stereocenters. The third-order valence-electron chi connectivity index (χ3n) is 7.04. The molecule has 4 rings (SSSR count). The average Bonchev–Trinajstić information content (AvgIpc) is 2.81. The highest BCUT2D eigenvalue weighted by atomic mass is 32.2. The molecule has 1 fully saturated rings. The first kappa shape index (κ1) is 24.2. The molecule has 3 atom stereocenters. The van der Waals surface area contributed by atoms with Crippen LogP contribution < -0.4 is 10.6 Å². The summed E-state index contributed by atoms with van der Waals surface area (Å²) in [7, 11) is 0. The minimum absolute atomic E-state index is 0.150. The molecule has 176 valence electrons. The number of unbranched alkanes of at least 4 members (excludes halogenated alkanes) is 2. The van der Waals surface area contributed by atoms with E-state index in [0.29, 0.717) is 17.1 Å². The van der Waals surface area contributed by atoms with Crippen molar-refractivity contribution < 1.29 is 4.79 Å². The van der Waals surface area contributed by atoms with Gasteiger partial charge < -0.3 is 10.6 Å². The number of anilines is 1. The van der Waals surface area contributed by atoms with Gasteiger partial charge in [0.1, 0.15) is 10.2 Å². The predicted molar refractivity (Wildman–Crippen MR) is 143 cm³/mol. The van der Waals surface area contributed by atoms with Crippen molar-refractivity contribution in [3.05, 3.63) is 59.7 Å². The fraction of sp³-hybridized carbons (Fsp3) is 0.481. The third-order valence-corrected chi connectivity index (χ3v) is 8.58. The van der Waals surface area contributed by atoms with Gasteiger partial charge in [-0.05, 0) is 69.8 Å². The second-order valence-electron chi connectivity index (χ2n) is 9.37. The Morgan fingerprint density at radius 2 is 1.76 bits per heavy atom. The average molecular weight is 482 g/mol. The minimum atomic E-state index is -0.274. The fourth-order valence-electron chi connectivity index (χ4n) is 5.17. The monoisotopic (exact) mass is 481 g/mol. The van der Waals surface area contributed by atoms with Gasteiger partial charge in [-0.3, -0.25) is 9.69 Å². The first-order valence-electron chi connectivity index (χ1n) is 12.2. The molecule has 1 saturated heterocycles. The Balaban J connectivity index is 1.42. The van der Waals surface area contributed by atoms with Crippen LogP contribution in [0.15, 0.2) is 53.4 Å². The normalized spacial score (nSPS) is 23.4. The lowest BCUT2D eigenvalue weighted by atomic mass is 9.97. The third kappa shape index (κ3) is 5.61. The van der Waals surface area contributed by atoms with Gasteiger partial charge in [0, 0.05) is 29.1 Å². The van der Waals surface area contributed by atoms with E-state index in [1.54, 1.807) is 11.8 Å². The van der Waals surface area contributed by atoms with Crippen LogP contribution in [0.1, 0.15) is 68.7 Å². The summed E-state index contributed by atoms with van der Waals surface area (Å²) in [6, 6.07) is 17.4. The number of rotatable bonds is 8. The maximum Gasteiger partial charge on any atom is 0.245 e. The zero-order valence-corrected chi connectivity index (χ0v) is 21.3. The van der Waals surface area contributed by atoms with Crippen LogP contribution in [0.5, 0.6) is 0 Å². The number of carbonyl (C=O) groups excluding carboxylic acids is 1. The highest BCUT2D eigenvalue weighted by molar-refractivity contribution is 8.00. The van der Waals surface area contributed by atoms with Gasteiger partial charge in [-0.15, -0.1) is 11.8 Å². The molecule has 4 nitrogen and oxygen atoms in total. The summed E-state index contributed by atoms with van der Waals surface area (Å²) < 4.78 is 0. The van der Waals surface area contributed by atoms with E-state index in [9.17, 15) is 4.79 Å². The Morgan fingerprint density at radius 1 is 1.03 bits per heavy atom. The van der Waals surface area contributed by atoms with Crippen LogP contribution in [0.4, 0.5) is 5.69 Å². The Kier molecular flexibility index (Phi) is 8.10. The molecule has 0 spiro atoms. The van der Waals surface area contributed by atoms with Gasteiger partial charge in [0.25, 0.3) is 0 Å². The van der Waals surface area contributed by atoms with Gasteiger partial charge in [0.05, 0.1) is 5.69 Å². The maximum absolute atomic E-state index is 13.6. The summed E-state index contributed by atoms with van der Waals surface area (Å²) in [4.78, 5) is 19.8. The van der Waals surface area contributed by atoms with Crippen LogP contribution in [0.3, 0.4) is 0 Å². The summed E-state index contributed by atoms with van der Waals surface area (Å²) >= 11 is 6.78. The lowest BCUT2D eigenvalue weighted by Crippen LogP contribution is -2.44. The van der Waals surface area contributed by atoms with Crippen LogP contribution in [0.2, 0.25) is 0 Å². The summed E-state index contributed by atoms with van der Waals surface area (Å²) in [6.45, 7) is 6.65. The summed E-state index contributed by atoms with van der Waals surface area (Å²) in [6.07, 6.45) is 7.33. The van der Waals surface area contributed by atoms with Crippen molar-refractivity contribution in [2.75, 3.05) is 18.0 Å². The van der Waals surface area contributed by atoms with E-state index >= 15 is 0 Å². The smallest absolute Gasteiger partial charge is 0.245 e. The van der Waals surface area contributed by atoms with E-state index in [1.807, 2.05) is 41.3 Å². The highest BCUT2D eigenvalue weighted by Crippen LogP contribution is 2.46. The second-order valence-corrected chi connectivity index (χ2v) is 11.0. The number of hydrogen-bond acceptors (Lipinski definition) is 4. The Hall–Kier alpha value is -1.89. The molecular weight excluding hydrogens is 446 g/mol. The molecule has 6 heteroatoms. The number of carbonyl (C=O) groups is 1. The number of amides is 1. The van der Waals surface area contributed by atoms with E-state index in [1.165, 1.54) is 25.7 Å². The molecule has 0 aliphatic carbocycles. The molecule has 2 aromatic rings. The molecule has 0 bridgehead atoms. The summed E-state index contributed by atoms with van der Waals surface area (Å²) in [5, 5.41) is -0.274. The molecule has 2 aliphatic heterocycles. The Morgan fingerprint density at radius 3 is 2.52 bits per heavy atom. The van der Waals surface area contributed by atoms with Crippen LogP contribution in [-0.4, -0.2) is 41.0 Å². The molecule has 0 radical (unpaired) electrons. The van der Waals surface area contributed by atoms with E-state index in [2.05, 4.69) is 30.9 Å². The molecule has 2 heterocycles. The van der Waals surface area contributed by atoms with Crippen molar-refractivity contribution in [1.29, 1.82) is 0 Å². The Labute approximate surface area is 207 Å². The number of para-hydroxylation sites is 1. The molecule has 0 aromatic heterocycles. The van der Waals surface area contributed by atoms with E-state index in [4.69, 9.17) is 18.0 Å². The SMILES string of the molecule is CC1CCCC(C)N1CCCCCN1C(=O)C(c2cccc(C(N)=S)c2)Sc2ccccc21. The number of nitrogens with two attached hydrogens (primary N) is 1. The van der Waals surface area contributed by atoms with Crippen molar-refractivity contribution in [1.82, 2.24) is 4.90 Å². The van der Waals surface area contributed by atoms with Gasteiger partial charge in [-0.25, -0.2) is 0 Å². The number of hydrogen-bond donors (Lipinski definition) is 1. The standard InChI is InChI=1S/C27H35N3OS2/c1-19-10-8-11-20(2)29(19)16-6-3-7-17-30-23-14-4-5-15-24(23)33-25(27(30)31)21-12-9-13-22(18-21)26(28)32/h4-5,9,12-15,18-20,25H,3,6-8,10-11,16-17H2,1-2H3,(H2,28,32). The lowest BCUT2D eigenvalue weighted by Gasteiger charge is -2.39. The number of thiocarbonyl (C=S) groups is 1. The van der Waals surface area contributed by atoms with Crippen LogP contribution in [0, 0.1) is 0 Å². The van der Waals surface area contributed by atoms with E-state index in [-0.39, 0.29) is 11.2 Å².